The summed E-state index contributed by atoms with van der Waals surface area (Å²) < 4.78 is 1.82. The number of hydrogen-bond donors (Lipinski definition) is 0. The van der Waals surface area contributed by atoms with Gasteiger partial charge in [-0.2, -0.15) is 0 Å². The SMILES string of the molecule is Cc1ccc[n+](-c2ccc([N+](=O)[O-])cn2)c1. The van der Waals surface area contributed by atoms with Crippen molar-refractivity contribution in [1.82, 2.24) is 4.98 Å². The van der Waals surface area contributed by atoms with Gasteiger partial charge in [-0.15, -0.1) is 0 Å². The Bertz CT molecular complexity index is 523. The van der Waals surface area contributed by atoms with Crippen LogP contribution in [-0.4, -0.2) is 9.91 Å². The van der Waals surface area contributed by atoms with Crippen molar-refractivity contribution in [3.63, 3.8) is 0 Å². The molecule has 16 heavy (non-hydrogen) atoms. The van der Waals surface area contributed by atoms with Crippen LogP contribution in [-0.2, 0) is 0 Å². The largest absolute Gasteiger partial charge is 0.328 e. The minimum atomic E-state index is -0.461. The van der Waals surface area contributed by atoms with Gasteiger partial charge in [0, 0.05) is 12.1 Å². The summed E-state index contributed by atoms with van der Waals surface area (Å²) in [7, 11) is 0. The molecule has 0 aliphatic heterocycles. The second kappa shape index (κ2) is 4.06. The zero-order valence-corrected chi connectivity index (χ0v) is 8.70. The summed E-state index contributed by atoms with van der Waals surface area (Å²) in [5.41, 5.74) is 1.10. The minimum absolute atomic E-state index is 0.00277. The van der Waals surface area contributed by atoms with Gasteiger partial charge in [0.1, 0.15) is 0 Å². The predicted octanol–water partition coefficient (Wildman–Crippen LogP) is 1.57. The number of aryl methyl sites for hydroxylation is 1. The van der Waals surface area contributed by atoms with Crippen LogP contribution in [0.3, 0.4) is 0 Å². The van der Waals surface area contributed by atoms with E-state index < -0.39 is 4.92 Å². The molecule has 5 nitrogen and oxygen atoms in total. The Morgan fingerprint density at radius 1 is 1.38 bits per heavy atom. The Kier molecular flexibility index (Phi) is 2.59. The fraction of sp³-hybridized carbons (Fsp3) is 0.0909. The normalized spacial score (nSPS) is 10.1. The molecule has 0 aliphatic carbocycles. The van der Waals surface area contributed by atoms with Crippen LogP contribution in [0.1, 0.15) is 5.56 Å². The van der Waals surface area contributed by atoms with Crippen molar-refractivity contribution < 1.29 is 9.49 Å². The lowest BCUT2D eigenvalue weighted by Crippen LogP contribution is -2.30. The van der Waals surface area contributed by atoms with Crippen molar-refractivity contribution in [2.45, 2.75) is 6.92 Å². The van der Waals surface area contributed by atoms with E-state index in [2.05, 4.69) is 4.98 Å². The van der Waals surface area contributed by atoms with E-state index in [4.69, 9.17) is 0 Å². The first-order valence-corrected chi connectivity index (χ1v) is 4.75. The van der Waals surface area contributed by atoms with Crippen LogP contribution in [0.5, 0.6) is 0 Å². The minimum Gasteiger partial charge on any atom is -0.258 e. The Morgan fingerprint density at radius 2 is 2.19 bits per heavy atom. The molecule has 0 atom stereocenters. The van der Waals surface area contributed by atoms with Crippen LogP contribution < -0.4 is 4.57 Å². The standard InChI is InChI=1S/C11H10N3O2/c1-9-3-2-6-13(8-9)11-5-4-10(7-12-11)14(15)16/h2-8H,1H3/q+1. The molecular weight excluding hydrogens is 206 g/mol. The third-order valence-corrected chi connectivity index (χ3v) is 2.16. The Labute approximate surface area is 92.2 Å². The van der Waals surface area contributed by atoms with Crippen LogP contribution >= 0.6 is 0 Å². The number of rotatable bonds is 2. The number of pyridine rings is 2. The molecule has 0 N–H and O–H groups in total. The average Bonchev–Trinajstić information content (AvgIpc) is 2.29. The Morgan fingerprint density at radius 3 is 2.75 bits per heavy atom. The number of nitrogens with zero attached hydrogens (tertiary/aromatic N) is 3. The molecule has 0 aromatic carbocycles. The van der Waals surface area contributed by atoms with Gasteiger partial charge in [-0.05, 0) is 23.5 Å². The highest BCUT2D eigenvalue weighted by Crippen LogP contribution is 2.08. The van der Waals surface area contributed by atoms with Gasteiger partial charge in [0.2, 0.25) is 6.20 Å². The number of hydrogen-bond acceptors (Lipinski definition) is 3. The van der Waals surface area contributed by atoms with E-state index >= 15 is 0 Å². The fourth-order valence-electron chi connectivity index (χ4n) is 1.37. The fourth-order valence-corrected chi connectivity index (χ4v) is 1.37. The van der Waals surface area contributed by atoms with E-state index in [1.807, 2.05) is 36.0 Å². The van der Waals surface area contributed by atoms with E-state index in [1.54, 1.807) is 6.07 Å². The summed E-state index contributed by atoms with van der Waals surface area (Å²) in [6.07, 6.45) is 5.01. The van der Waals surface area contributed by atoms with Gasteiger partial charge in [0.25, 0.3) is 0 Å². The molecule has 80 valence electrons. The zero-order valence-electron chi connectivity index (χ0n) is 8.70. The molecule has 2 heterocycles. The van der Waals surface area contributed by atoms with Crippen LogP contribution in [0.2, 0.25) is 0 Å². The van der Waals surface area contributed by atoms with Gasteiger partial charge < -0.3 is 0 Å². The lowest BCUT2D eigenvalue weighted by molar-refractivity contribution is -0.600. The molecule has 0 amide bonds. The van der Waals surface area contributed by atoms with E-state index in [0.29, 0.717) is 5.82 Å². The van der Waals surface area contributed by atoms with Crippen molar-refractivity contribution in [2.75, 3.05) is 0 Å². The molecule has 0 unspecified atom stereocenters. The van der Waals surface area contributed by atoms with E-state index in [1.165, 1.54) is 12.3 Å². The monoisotopic (exact) mass is 216 g/mol. The third-order valence-electron chi connectivity index (χ3n) is 2.16. The highest BCUT2D eigenvalue weighted by atomic mass is 16.6. The summed E-state index contributed by atoms with van der Waals surface area (Å²) >= 11 is 0. The topological polar surface area (TPSA) is 59.9 Å². The van der Waals surface area contributed by atoms with Crippen LogP contribution in [0.25, 0.3) is 5.82 Å². The molecule has 5 heteroatoms. The van der Waals surface area contributed by atoms with Gasteiger partial charge in [0.15, 0.2) is 0 Å². The summed E-state index contributed by atoms with van der Waals surface area (Å²) in [4.78, 5) is 14.0. The molecule has 0 fully saturated rings. The molecule has 0 aliphatic rings. The molecule has 2 aromatic rings. The van der Waals surface area contributed by atoms with Crippen molar-refractivity contribution in [2.24, 2.45) is 0 Å². The smallest absolute Gasteiger partial charge is 0.258 e. The van der Waals surface area contributed by atoms with Crippen molar-refractivity contribution >= 4 is 5.69 Å². The molecule has 0 spiro atoms. The summed E-state index contributed by atoms with van der Waals surface area (Å²) in [5, 5.41) is 10.5. The maximum Gasteiger partial charge on any atom is 0.328 e. The van der Waals surface area contributed by atoms with Crippen LogP contribution in [0.15, 0.2) is 42.9 Å². The van der Waals surface area contributed by atoms with Crippen LogP contribution in [0.4, 0.5) is 5.69 Å². The number of aromatic nitrogens is 2. The Balaban J connectivity index is 2.38. The van der Waals surface area contributed by atoms with Gasteiger partial charge >= 0.3 is 11.5 Å². The van der Waals surface area contributed by atoms with Crippen molar-refractivity contribution in [1.29, 1.82) is 0 Å². The maximum atomic E-state index is 10.5. The maximum absolute atomic E-state index is 10.5. The molecular formula is C11H10N3O2+. The predicted molar refractivity (Wildman–Crippen MR) is 57.2 cm³/mol. The van der Waals surface area contributed by atoms with Crippen molar-refractivity contribution in [3.05, 3.63) is 58.5 Å². The van der Waals surface area contributed by atoms with Gasteiger partial charge in [-0.1, -0.05) is 6.07 Å². The summed E-state index contributed by atoms with van der Waals surface area (Å²) in [6.45, 7) is 1.97. The Hall–Kier alpha value is -2.30. The highest BCUT2D eigenvalue weighted by Gasteiger charge is 2.12. The molecule has 2 aromatic heterocycles. The van der Waals surface area contributed by atoms with Crippen LogP contribution in [0, 0.1) is 17.0 Å². The van der Waals surface area contributed by atoms with E-state index in [9.17, 15) is 10.1 Å². The first-order valence-electron chi connectivity index (χ1n) is 4.75. The van der Waals surface area contributed by atoms with Gasteiger partial charge in [0.05, 0.1) is 17.3 Å². The molecule has 0 saturated heterocycles. The van der Waals surface area contributed by atoms with Gasteiger partial charge in [-0.3, -0.25) is 10.1 Å². The summed E-state index contributed by atoms with van der Waals surface area (Å²) in [6, 6.07) is 6.94. The third kappa shape index (κ3) is 2.03. The second-order valence-corrected chi connectivity index (χ2v) is 3.42. The molecule has 0 saturated carbocycles. The molecule has 2 rings (SSSR count). The first kappa shape index (κ1) is 10.2. The van der Waals surface area contributed by atoms with Crippen molar-refractivity contribution in [3.8, 4) is 5.82 Å². The first-order chi connectivity index (χ1) is 7.66. The summed E-state index contributed by atoms with van der Waals surface area (Å²) in [5.74, 6) is 0.661. The van der Waals surface area contributed by atoms with E-state index in [0.717, 1.165) is 5.56 Å². The quantitative estimate of drug-likeness (QED) is 0.435. The van der Waals surface area contributed by atoms with E-state index in [-0.39, 0.29) is 5.69 Å². The molecule has 0 bridgehead atoms. The van der Waals surface area contributed by atoms with Gasteiger partial charge in [-0.25, -0.2) is 4.57 Å². The lowest BCUT2D eigenvalue weighted by atomic mass is 10.3. The zero-order chi connectivity index (χ0) is 11.5. The number of nitro groups is 1. The second-order valence-electron chi connectivity index (χ2n) is 3.42. The average molecular weight is 216 g/mol. The molecule has 0 radical (unpaired) electrons. The highest BCUT2D eigenvalue weighted by molar-refractivity contribution is 5.29. The lowest BCUT2D eigenvalue weighted by Gasteiger charge is -1.96.